The van der Waals surface area contributed by atoms with E-state index in [0.29, 0.717) is 31.6 Å². The molecule has 1 amide bonds. The number of thiazole rings is 1. The van der Waals surface area contributed by atoms with Crippen LogP contribution in [0.3, 0.4) is 0 Å². The van der Waals surface area contributed by atoms with Gasteiger partial charge in [0.2, 0.25) is 0 Å². The summed E-state index contributed by atoms with van der Waals surface area (Å²) in [5.41, 5.74) is 1.62. The van der Waals surface area contributed by atoms with Gasteiger partial charge in [-0.1, -0.05) is 35.1 Å². The zero-order valence-electron chi connectivity index (χ0n) is 12.4. The first-order valence-corrected chi connectivity index (χ1v) is 8.34. The lowest BCUT2D eigenvalue weighted by Gasteiger charge is -1.97. The van der Waals surface area contributed by atoms with E-state index in [-0.39, 0.29) is 11.6 Å². The molecule has 2 N–H and O–H groups in total. The van der Waals surface area contributed by atoms with Gasteiger partial charge in [0.05, 0.1) is 25.7 Å². The predicted molar refractivity (Wildman–Crippen MR) is 97.5 cm³/mol. The third-order valence-corrected chi connectivity index (χ3v) is 4.90. The lowest BCUT2D eigenvalue weighted by molar-refractivity contribution is -0.384. The fourth-order valence-corrected chi connectivity index (χ4v) is 3.61. The molecule has 0 fully saturated rings. The maximum absolute atomic E-state index is 12.4. The highest BCUT2D eigenvalue weighted by atomic mass is 35.5. The van der Waals surface area contributed by atoms with E-state index in [2.05, 4.69) is 15.3 Å². The Morgan fingerprint density at radius 1 is 1.28 bits per heavy atom. The number of halogens is 1. The quantitative estimate of drug-likeness (QED) is 0.405. The number of aromatic nitrogens is 2. The Labute approximate surface area is 149 Å². The van der Waals surface area contributed by atoms with E-state index in [1.165, 1.54) is 23.5 Å². The Kier molecular flexibility index (Phi) is 3.63. The second-order valence-corrected chi connectivity index (χ2v) is 6.71. The van der Waals surface area contributed by atoms with Crippen LogP contribution in [-0.2, 0) is 0 Å². The van der Waals surface area contributed by atoms with E-state index >= 15 is 0 Å². The van der Waals surface area contributed by atoms with Crippen LogP contribution in [0.2, 0.25) is 5.02 Å². The molecule has 0 radical (unpaired) electrons. The highest BCUT2D eigenvalue weighted by molar-refractivity contribution is 7.22. The standard InChI is InChI=1S/C16H9ClN4O3S/c17-10-3-1-2-8-6-12(18-14(8)10)15(22)20-16-19-11-5-4-9(21(23)24)7-13(11)25-16/h1-7,18H,(H,19,20,22). The van der Waals surface area contributed by atoms with Gasteiger partial charge in [0.25, 0.3) is 11.6 Å². The molecule has 7 nitrogen and oxygen atoms in total. The first-order valence-electron chi connectivity index (χ1n) is 7.15. The van der Waals surface area contributed by atoms with Gasteiger partial charge in [-0.3, -0.25) is 20.2 Å². The number of hydrogen-bond acceptors (Lipinski definition) is 5. The normalized spacial score (nSPS) is 11.1. The van der Waals surface area contributed by atoms with Crippen LogP contribution in [0.15, 0.2) is 42.5 Å². The number of amides is 1. The number of nitrogens with one attached hydrogen (secondary N) is 2. The molecular weight excluding hydrogens is 364 g/mol. The van der Waals surface area contributed by atoms with Gasteiger partial charge in [0.1, 0.15) is 5.69 Å². The van der Waals surface area contributed by atoms with Gasteiger partial charge in [-0.2, -0.15) is 0 Å². The summed E-state index contributed by atoms with van der Waals surface area (Å²) in [5, 5.41) is 15.3. The van der Waals surface area contributed by atoms with Crippen LogP contribution in [0.25, 0.3) is 21.1 Å². The average molecular weight is 373 g/mol. The van der Waals surface area contributed by atoms with Crippen molar-refractivity contribution in [1.29, 1.82) is 0 Å². The van der Waals surface area contributed by atoms with Gasteiger partial charge in [-0.05, 0) is 18.2 Å². The summed E-state index contributed by atoms with van der Waals surface area (Å²) in [6.45, 7) is 0. The molecule has 9 heteroatoms. The molecule has 2 aromatic heterocycles. The zero-order valence-corrected chi connectivity index (χ0v) is 14.0. The fraction of sp³-hybridized carbons (Fsp3) is 0. The Hall–Kier alpha value is -2.97. The number of carbonyl (C=O) groups excluding carboxylic acids is 1. The van der Waals surface area contributed by atoms with E-state index in [0.717, 1.165) is 5.39 Å². The van der Waals surface area contributed by atoms with Crippen LogP contribution in [0.4, 0.5) is 10.8 Å². The topological polar surface area (TPSA) is 101 Å². The molecule has 0 atom stereocenters. The minimum absolute atomic E-state index is 0.0146. The molecule has 4 rings (SSSR count). The number of benzene rings is 2. The molecule has 0 spiro atoms. The number of fused-ring (bicyclic) bond motifs is 2. The number of hydrogen-bond donors (Lipinski definition) is 2. The Balaban J connectivity index is 1.64. The van der Waals surface area contributed by atoms with Crippen molar-refractivity contribution in [3.8, 4) is 0 Å². The number of para-hydroxylation sites is 1. The van der Waals surface area contributed by atoms with Gasteiger partial charge in [-0.15, -0.1) is 0 Å². The smallest absolute Gasteiger partial charge is 0.273 e. The van der Waals surface area contributed by atoms with Crippen LogP contribution < -0.4 is 5.32 Å². The van der Waals surface area contributed by atoms with Crippen molar-refractivity contribution in [1.82, 2.24) is 9.97 Å². The third kappa shape index (κ3) is 2.81. The molecule has 25 heavy (non-hydrogen) atoms. The summed E-state index contributed by atoms with van der Waals surface area (Å²) in [4.78, 5) is 30.0. The molecule has 0 unspecified atom stereocenters. The largest absolute Gasteiger partial charge is 0.349 e. The lowest BCUT2D eigenvalue weighted by Crippen LogP contribution is -2.11. The molecule has 0 saturated heterocycles. The van der Waals surface area contributed by atoms with Crippen LogP contribution in [-0.4, -0.2) is 20.8 Å². The minimum Gasteiger partial charge on any atom is -0.349 e. The van der Waals surface area contributed by atoms with Crippen LogP contribution in [0.5, 0.6) is 0 Å². The van der Waals surface area contributed by atoms with Crippen molar-refractivity contribution in [2.75, 3.05) is 5.32 Å². The molecule has 0 aliphatic heterocycles. The van der Waals surface area contributed by atoms with Crippen LogP contribution >= 0.6 is 22.9 Å². The van der Waals surface area contributed by atoms with Crippen molar-refractivity contribution < 1.29 is 9.72 Å². The van der Waals surface area contributed by atoms with Crippen molar-refractivity contribution in [3.63, 3.8) is 0 Å². The number of rotatable bonds is 3. The maximum atomic E-state index is 12.4. The van der Waals surface area contributed by atoms with E-state index < -0.39 is 4.92 Å². The molecule has 0 bridgehead atoms. The molecule has 124 valence electrons. The lowest BCUT2D eigenvalue weighted by atomic mass is 10.2. The SMILES string of the molecule is O=C(Nc1nc2ccc([N+](=O)[O-])cc2s1)c1cc2cccc(Cl)c2[nH]1. The monoisotopic (exact) mass is 372 g/mol. The molecular formula is C16H9ClN4O3S. The first kappa shape index (κ1) is 15.6. The van der Waals surface area contributed by atoms with Crippen LogP contribution in [0.1, 0.15) is 10.5 Å². The zero-order chi connectivity index (χ0) is 17.6. The second kappa shape index (κ2) is 5.83. The Morgan fingerprint density at radius 3 is 2.88 bits per heavy atom. The maximum Gasteiger partial charge on any atom is 0.273 e. The van der Waals surface area contributed by atoms with Crippen molar-refractivity contribution in [2.24, 2.45) is 0 Å². The minimum atomic E-state index is -0.467. The van der Waals surface area contributed by atoms with Crippen molar-refractivity contribution in [3.05, 3.63) is 63.3 Å². The summed E-state index contributed by atoms with van der Waals surface area (Å²) < 4.78 is 0.629. The van der Waals surface area contributed by atoms with Gasteiger partial charge >= 0.3 is 0 Å². The fourth-order valence-electron chi connectivity index (χ4n) is 2.49. The van der Waals surface area contributed by atoms with Gasteiger partial charge in [0, 0.05) is 17.5 Å². The van der Waals surface area contributed by atoms with Gasteiger partial charge in [0.15, 0.2) is 5.13 Å². The van der Waals surface area contributed by atoms with Crippen LogP contribution in [0, 0.1) is 10.1 Å². The number of nitrogens with zero attached hydrogens (tertiary/aromatic N) is 2. The second-order valence-electron chi connectivity index (χ2n) is 5.27. The molecule has 2 aromatic carbocycles. The number of H-pyrrole nitrogens is 1. The number of anilines is 1. The number of nitro groups is 1. The highest BCUT2D eigenvalue weighted by Crippen LogP contribution is 2.30. The third-order valence-electron chi connectivity index (χ3n) is 3.65. The summed E-state index contributed by atoms with van der Waals surface area (Å²) in [6, 6.07) is 11.5. The van der Waals surface area contributed by atoms with Crippen molar-refractivity contribution >= 4 is 60.8 Å². The summed E-state index contributed by atoms with van der Waals surface area (Å²) >= 11 is 7.28. The van der Waals surface area contributed by atoms with E-state index in [9.17, 15) is 14.9 Å². The Morgan fingerprint density at radius 2 is 2.12 bits per heavy atom. The molecule has 0 aliphatic carbocycles. The number of non-ortho nitro benzene ring substituents is 1. The van der Waals surface area contributed by atoms with E-state index in [1.807, 2.05) is 6.07 Å². The molecule has 4 aromatic rings. The predicted octanol–water partition coefficient (Wildman–Crippen LogP) is 4.59. The number of aromatic amines is 1. The molecule has 2 heterocycles. The van der Waals surface area contributed by atoms with Gasteiger partial charge in [-0.25, -0.2) is 4.98 Å². The van der Waals surface area contributed by atoms with Gasteiger partial charge < -0.3 is 4.98 Å². The number of nitro benzene ring substituents is 1. The van der Waals surface area contributed by atoms with Crippen molar-refractivity contribution in [2.45, 2.75) is 0 Å². The summed E-state index contributed by atoms with van der Waals surface area (Å²) in [7, 11) is 0. The highest BCUT2D eigenvalue weighted by Gasteiger charge is 2.15. The number of carbonyl (C=O) groups is 1. The van der Waals surface area contributed by atoms with E-state index in [1.54, 1.807) is 24.3 Å². The first-order chi connectivity index (χ1) is 12.0. The molecule has 0 aliphatic rings. The average Bonchev–Trinajstić information content (AvgIpc) is 3.18. The molecule has 0 saturated carbocycles. The summed E-state index contributed by atoms with van der Waals surface area (Å²) in [6.07, 6.45) is 0. The summed E-state index contributed by atoms with van der Waals surface area (Å²) in [5.74, 6) is -0.360. The van der Waals surface area contributed by atoms with E-state index in [4.69, 9.17) is 11.6 Å². The Bertz CT molecular complexity index is 1150.